The van der Waals surface area contributed by atoms with E-state index in [-0.39, 0.29) is 22.8 Å². The molecule has 0 aliphatic carbocycles. The molecule has 6 nitrogen and oxygen atoms in total. The summed E-state index contributed by atoms with van der Waals surface area (Å²) in [6.07, 6.45) is 4.83. The molecule has 9 heteroatoms. The molecule has 1 unspecified atom stereocenters. The molecule has 2 atom stereocenters. The van der Waals surface area contributed by atoms with Gasteiger partial charge in [-0.25, -0.2) is 28.4 Å². The monoisotopic (exact) mass is 365 g/mol. The van der Waals surface area contributed by atoms with E-state index < -0.39 is 23.2 Å². The summed E-state index contributed by atoms with van der Waals surface area (Å²) in [5.41, 5.74) is -1.93. The molecular formula is C16H14ClF2N5O. The number of aliphatic hydroxyl groups is 1. The molecule has 0 fully saturated rings. The molecular weight excluding hydrogens is 352 g/mol. The van der Waals surface area contributed by atoms with Crippen molar-refractivity contribution in [1.82, 2.24) is 24.7 Å². The Morgan fingerprint density at radius 2 is 2.04 bits per heavy atom. The maximum Gasteiger partial charge on any atom is 0.163 e. The molecule has 1 aromatic carbocycles. The first-order valence-electron chi connectivity index (χ1n) is 7.37. The molecule has 3 aromatic rings. The van der Waals surface area contributed by atoms with Gasteiger partial charge in [-0.15, -0.1) is 0 Å². The molecule has 0 radical (unpaired) electrons. The van der Waals surface area contributed by atoms with Gasteiger partial charge in [0.15, 0.2) is 5.82 Å². The summed E-state index contributed by atoms with van der Waals surface area (Å²) in [4.78, 5) is 11.3. The summed E-state index contributed by atoms with van der Waals surface area (Å²) in [5, 5.41) is 15.5. The number of halogens is 3. The van der Waals surface area contributed by atoms with E-state index >= 15 is 0 Å². The van der Waals surface area contributed by atoms with E-state index in [1.54, 1.807) is 6.92 Å². The molecule has 0 bridgehead atoms. The van der Waals surface area contributed by atoms with Gasteiger partial charge in [-0.3, -0.25) is 0 Å². The van der Waals surface area contributed by atoms with Crippen molar-refractivity contribution in [3.05, 3.63) is 71.3 Å². The Morgan fingerprint density at radius 1 is 1.24 bits per heavy atom. The third kappa shape index (κ3) is 3.35. The van der Waals surface area contributed by atoms with Crippen LogP contribution in [-0.4, -0.2) is 29.8 Å². The normalized spacial score (nSPS) is 14.9. The minimum Gasteiger partial charge on any atom is -0.382 e. The number of hydrogen-bond donors (Lipinski definition) is 1. The number of nitrogens with zero attached hydrogens (tertiary/aromatic N) is 5. The third-order valence-corrected chi connectivity index (χ3v) is 4.32. The lowest BCUT2D eigenvalue weighted by atomic mass is 9.79. The van der Waals surface area contributed by atoms with Gasteiger partial charge in [-0.2, -0.15) is 5.10 Å². The van der Waals surface area contributed by atoms with Crippen LogP contribution in [0.25, 0.3) is 0 Å². The van der Waals surface area contributed by atoms with Gasteiger partial charge in [0.25, 0.3) is 0 Å². The van der Waals surface area contributed by atoms with E-state index in [2.05, 4.69) is 20.1 Å². The average molecular weight is 366 g/mol. The topological polar surface area (TPSA) is 76.7 Å². The van der Waals surface area contributed by atoms with E-state index in [4.69, 9.17) is 11.6 Å². The minimum absolute atomic E-state index is 0.0352. The number of aromatic nitrogens is 5. The van der Waals surface area contributed by atoms with Gasteiger partial charge in [-0.1, -0.05) is 24.6 Å². The molecule has 25 heavy (non-hydrogen) atoms. The second-order valence-corrected chi connectivity index (χ2v) is 6.06. The van der Waals surface area contributed by atoms with Crippen LogP contribution < -0.4 is 0 Å². The van der Waals surface area contributed by atoms with Crippen molar-refractivity contribution in [3.63, 3.8) is 0 Å². The van der Waals surface area contributed by atoms with E-state index in [1.807, 2.05) is 0 Å². The van der Waals surface area contributed by atoms with Gasteiger partial charge >= 0.3 is 0 Å². The van der Waals surface area contributed by atoms with E-state index in [1.165, 1.54) is 35.8 Å². The summed E-state index contributed by atoms with van der Waals surface area (Å²) in [5.74, 6) is -2.31. The second-order valence-electron chi connectivity index (χ2n) is 5.62. The molecule has 2 heterocycles. The fourth-order valence-corrected chi connectivity index (χ4v) is 2.88. The summed E-state index contributed by atoms with van der Waals surface area (Å²) in [7, 11) is 0. The standard InChI is InChI=1S/C16H14ClF2N5O/c1-10(15-14(19)5-20-7-22-15)16(25,6-24-9-21-8-23-24)12-3-2-11(17)4-13(12)18/h2-5,7-10,25H,6H2,1H3/t10-,16?/m0/s1. The van der Waals surface area contributed by atoms with Crippen molar-refractivity contribution in [2.24, 2.45) is 0 Å². The lowest BCUT2D eigenvalue weighted by Crippen LogP contribution is -2.39. The van der Waals surface area contributed by atoms with E-state index in [0.717, 1.165) is 12.3 Å². The predicted octanol–water partition coefficient (Wildman–Crippen LogP) is 2.69. The van der Waals surface area contributed by atoms with Crippen LogP contribution in [0.1, 0.15) is 24.1 Å². The van der Waals surface area contributed by atoms with Crippen molar-refractivity contribution in [1.29, 1.82) is 0 Å². The van der Waals surface area contributed by atoms with Gasteiger partial charge in [0.05, 0.1) is 18.4 Å². The molecule has 1 N–H and O–H groups in total. The summed E-state index contributed by atoms with van der Waals surface area (Å²) < 4.78 is 30.0. The maximum atomic E-state index is 14.5. The summed E-state index contributed by atoms with van der Waals surface area (Å²) in [6, 6.07) is 3.91. The molecule has 0 saturated carbocycles. The van der Waals surface area contributed by atoms with Crippen molar-refractivity contribution >= 4 is 11.6 Å². The van der Waals surface area contributed by atoms with Crippen molar-refractivity contribution in [2.45, 2.75) is 25.0 Å². The summed E-state index contributed by atoms with van der Waals surface area (Å²) in [6.45, 7) is 1.40. The fourth-order valence-electron chi connectivity index (χ4n) is 2.72. The average Bonchev–Trinajstić information content (AvgIpc) is 3.07. The zero-order chi connectivity index (χ0) is 18.0. The third-order valence-electron chi connectivity index (χ3n) is 4.09. The first kappa shape index (κ1) is 17.4. The lowest BCUT2D eigenvalue weighted by Gasteiger charge is -2.34. The Balaban J connectivity index is 2.13. The van der Waals surface area contributed by atoms with Gasteiger partial charge in [0.1, 0.15) is 30.4 Å². The Hall–Kier alpha value is -2.45. The highest BCUT2D eigenvalue weighted by Gasteiger charge is 2.41. The zero-order valence-corrected chi connectivity index (χ0v) is 13.9. The van der Waals surface area contributed by atoms with Crippen LogP contribution in [0.2, 0.25) is 5.02 Å². The lowest BCUT2D eigenvalue weighted by molar-refractivity contribution is -0.0133. The first-order valence-corrected chi connectivity index (χ1v) is 7.75. The highest BCUT2D eigenvalue weighted by atomic mass is 35.5. The van der Waals surface area contributed by atoms with E-state index in [9.17, 15) is 13.9 Å². The molecule has 0 aliphatic heterocycles. The Bertz CT molecular complexity index is 877. The molecule has 2 aromatic heterocycles. The van der Waals surface area contributed by atoms with Crippen molar-refractivity contribution in [3.8, 4) is 0 Å². The van der Waals surface area contributed by atoms with Crippen LogP contribution in [0.3, 0.4) is 0 Å². The Kier molecular flexibility index (Phi) is 4.73. The first-order chi connectivity index (χ1) is 11.9. The Labute approximate surface area is 147 Å². The number of rotatable bonds is 5. The quantitative estimate of drug-likeness (QED) is 0.752. The minimum atomic E-state index is -1.85. The number of hydrogen-bond acceptors (Lipinski definition) is 5. The highest BCUT2D eigenvalue weighted by Crippen LogP contribution is 2.39. The molecule has 0 aliphatic rings. The van der Waals surface area contributed by atoms with Crippen molar-refractivity contribution in [2.75, 3.05) is 0 Å². The smallest absolute Gasteiger partial charge is 0.163 e. The van der Waals surface area contributed by atoms with Crippen molar-refractivity contribution < 1.29 is 13.9 Å². The summed E-state index contributed by atoms with van der Waals surface area (Å²) >= 11 is 5.80. The number of benzene rings is 1. The van der Waals surface area contributed by atoms with Crippen LogP contribution in [0.5, 0.6) is 0 Å². The SMILES string of the molecule is C[C@@H](c1ncncc1F)C(O)(Cn1cncn1)c1ccc(Cl)cc1F. The van der Waals surface area contributed by atoms with Crippen LogP contribution in [0.4, 0.5) is 8.78 Å². The molecule has 0 amide bonds. The fraction of sp³-hybridized carbons (Fsp3) is 0.250. The second kappa shape index (κ2) is 6.81. The Morgan fingerprint density at radius 3 is 2.68 bits per heavy atom. The van der Waals surface area contributed by atoms with E-state index in [0.29, 0.717) is 0 Å². The molecule has 3 rings (SSSR count). The van der Waals surface area contributed by atoms with Gasteiger partial charge in [-0.05, 0) is 12.1 Å². The molecule has 130 valence electrons. The maximum absolute atomic E-state index is 14.5. The van der Waals surface area contributed by atoms with Gasteiger partial charge < -0.3 is 5.11 Å². The van der Waals surface area contributed by atoms with Crippen LogP contribution in [0, 0.1) is 11.6 Å². The largest absolute Gasteiger partial charge is 0.382 e. The molecule has 0 spiro atoms. The van der Waals surface area contributed by atoms with Crippen LogP contribution in [0.15, 0.2) is 43.4 Å². The zero-order valence-electron chi connectivity index (χ0n) is 13.1. The van der Waals surface area contributed by atoms with Crippen LogP contribution in [-0.2, 0) is 12.1 Å². The predicted molar refractivity (Wildman–Crippen MR) is 85.7 cm³/mol. The molecule has 0 saturated heterocycles. The van der Waals surface area contributed by atoms with Gasteiger partial charge in [0, 0.05) is 16.5 Å². The van der Waals surface area contributed by atoms with Crippen LogP contribution >= 0.6 is 11.6 Å². The highest BCUT2D eigenvalue weighted by molar-refractivity contribution is 6.30. The van der Waals surface area contributed by atoms with Gasteiger partial charge in [0.2, 0.25) is 0 Å².